The maximum atomic E-state index is 11.0. The molecule has 0 aliphatic heterocycles. The second-order valence-corrected chi connectivity index (χ2v) is 3.83. The van der Waals surface area contributed by atoms with Gasteiger partial charge in [-0.25, -0.2) is 4.98 Å². The molecule has 0 radical (unpaired) electrons. The van der Waals surface area contributed by atoms with Crippen molar-refractivity contribution >= 4 is 12.2 Å². The number of nitrogens with one attached hydrogen (secondary N) is 1. The van der Waals surface area contributed by atoms with Crippen LogP contribution in [0.25, 0.3) is 0 Å². The summed E-state index contributed by atoms with van der Waals surface area (Å²) in [5.41, 5.74) is 0.804. The summed E-state index contributed by atoms with van der Waals surface area (Å²) in [6, 6.07) is 5.14. The molecule has 2 rings (SSSR count). The third-order valence-electron chi connectivity index (χ3n) is 2.26. The molecular formula is C11H11N3O2S. The summed E-state index contributed by atoms with van der Waals surface area (Å²) in [5, 5.41) is 0. The van der Waals surface area contributed by atoms with Crippen molar-refractivity contribution in [2.24, 2.45) is 0 Å². The largest absolute Gasteiger partial charge is 0.481 e. The number of methoxy groups -OCH3 is 1. The smallest absolute Gasteiger partial charge is 0.251 e. The van der Waals surface area contributed by atoms with E-state index in [0.717, 1.165) is 5.56 Å². The lowest BCUT2D eigenvalue weighted by Crippen LogP contribution is -2.11. The fourth-order valence-corrected chi connectivity index (χ4v) is 1.65. The van der Waals surface area contributed by atoms with Crippen LogP contribution in [0.4, 0.5) is 0 Å². The highest BCUT2D eigenvalue weighted by atomic mass is 32.1. The number of ether oxygens (including phenoxy) is 1. The molecular weight excluding hydrogens is 238 g/mol. The summed E-state index contributed by atoms with van der Waals surface area (Å²) >= 11 is 5.06. The summed E-state index contributed by atoms with van der Waals surface area (Å²) in [6.07, 6.45) is 3.33. The molecule has 1 N–H and O–H groups in total. The Hall–Kier alpha value is -1.95. The number of rotatable bonds is 3. The van der Waals surface area contributed by atoms with Gasteiger partial charge < -0.3 is 9.30 Å². The van der Waals surface area contributed by atoms with E-state index >= 15 is 0 Å². The number of pyridine rings is 1. The Kier molecular flexibility index (Phi) is 3.34. The fraction of sp³-hybridized carbons (Fsp3) is 0.182. The van der Waals surface area contributed by atoms with Crippen LogP contribution in [-0.4, -0.2) is 21.6 Å². The van der Waals surface area contributed by atoms with Gasteiger partial charge in [0.15, 0.2) is 4.77 Å². The van der Waals surface area contributed by atoms with E-state index in [1.54, 1.807) is 24.1 Å². The Labute approximate surface area is 103 Å². The van der Waals surface area contributed by atoms with Gasteiger partial charge in [0, 0.05) is 31.1 Å². The number of aromatic nitrogens is 3. The van der Waals surface area contributed by atoms with Crippen LogP contribution in [0, 0.1) is 4.77 Å². The van der Waals surface area contributed by atoms with Gasteiger partial charge in [-0.15, -0.1) is 0 Å². The van der Waals surface area contributed by atoms with Crippen LogP contribution in [0.15, 0.2) is 35.4 Å². The topological polar surface area (TPSA) is 59.9 Å². The molecule has 0 saturated carbocycles. The van der Waals surface area contributed by atoms with Gasteiger partial charge in [0.05, 0.1) is 7.11 Å². The zero-order chi connectivity index (χ0) is 12.3. The van der Waals surface area contributed by atoms with Crippen molar-refractivity contribution in [1.29, 1.82) is 0 Å². The van der Waals surface area contributed by atoms with E-state index in [1.807, 2.05) is 12.1 Å². The Morgan fingerprint density at radius 2 is 2.35 bits per heavy atom. The molecule has 0 bridgehead atoms. The van der Waals surface area contributed by atoms with E-state index in [4.69, 9.17) is 17.0 Å². The molecule has 0 aromatic carbocycles. The van der Waals surface area contributed by atoms with Crippen LogP contribution in [0.5, 0.6) is 5.88 Å². The van der Waals surface area contributed by atoms with Gasteiger partial charge in [0.2, 0.25) is 5.88 Å². The molecule has 0 amide bonds. The average Bonchev–Trinajstić information content (AvgIpc) is 2.33. The highest BCUT2D eigenvalue weighted by Gasteiger charge is 1.99. The van der Waals surface area contributed by atoms with Crippen molar-refractivity contribution in [3.63, 3.8) is 0 Å². The van der Waals surface area contributed by atoms with Crippen LogP contribution in [0.2, 0.25) is 0 Å². The summed E-state index contributed by atoms with van der Waals surface area (Å²) in [4.78, 5) is 17.6. The number of hydrogen-bond donors (Lipinski definition) is 1. The SMILES string of the molecule is COc1cc(Cn2ccc(=O)[nH]c2=S)ccn1. The molecule has 0 atom stereocenters. The zero-order valence-electron chi connectivity index (χ0n) is 9.21. The molecule has 0 unspecified atom stereocenters. The standard InChI is InChI=1S/C11H11N3O2S/c1-16-10-6-8(2-4-12-10)7-14-5-3-9(15)13-11(14)17/h2-6H,7H2,1H3,(H,13,15,17). The number of nitrogens with zero attached hydrogens (tertiary/aromatic N) is 2. The number of hydrogen-bond acceptors (Lipinski definition) is 4. The minimum atomic E-state index is -0.196. The summed E-state index contributed by atoms with van der Waals surface area (Å²) in [6.45, 7) is 0.564. The third-order valence-corrected chi connectivity index (χ3v) is 2.59. The monoisotopic (exact) mass is 249 g/mol. The highest BCUT2D eigenvalue weighted by molar-refractivity contribution is 7.71. The predicted octanol–water partition coefficient (Wildman–Crippen LogP) is 1.36. The van der Waals surface area contributed by atoms with Crippen molar-refractivity contribution in [2.75, 3.05) is 7.11 Å². The number of H-pyrrole nitrogens is 1. The fourth-order valence-electron chi connectivity index (χ4n) is 1.43. The lowest BCUT2D eigenvalue weighted by Gasteiger charge is -2.07. The van der Waals surface area contributed by atoms with E-state index in [1.165, 1.54) is 6.07 Å². The minimum absolute atomic E-state index is 0.196. The van der Waals surface area contributed by atoms with Crippen molar-refractivity contribution in [3.8, 4) is 5.88 Å². The van der Waals surface area contributed by atoms with Crippen LogP contribution in [0.1, 0.15) is 5.56 Å². The molecule has 0 aliphatic carbocycles. The first-order valence-corrected chi connectivity index (χ1v) is 5.38. The normalized spacial score (nSPS) is 10.2. The predicted molar refractivity (Wildman–Crippen MR) is 65.8 cm³/mol. The molecule has 17 heavy (non-hydrogen) atoms. The molecule has 2 aromatic heterocycles. The quantitative estimate of drug-likeness (QED) is 0.834. The summed E-state index contributed by atoms with van der Waals surface area (Å²) < 4.78 is 7.20. The maximum absolute atomic E-state index is 11.0. The van der Waals surface area contributed by atoms with Crippen LogP contribution in [-0.2, 0) is 6.54 Å². The van der Waals surface area contributed by atoms with Crippen LogP contribution >= 0.6 is 12.2 Å². The second-order valence-electron chi connectivity index (χ2n) is 3.44. The molecule has 6 heteroatoms. The maximum Gasteiger partial charge on any atom is 0.251 e. The van der Waals surface area contributed by atoms with E-state index < -0.39 is 0 Å². The molecule has 0 saturated heterocycles. The molecule has 0 spiro atoms. The van der Waals surface area contributed by atoms with Gasteiger partial charge >= 0.3 is 0 Å². The van der Waals surface area contributed by atoms with Gasteiger partial charge in [-0.05, 0) is 23.8 Å². The average molecular weight is 249 g/mol. The molecule has 0 aliphatic rings. The van der Waals surface area contributed by atoms with Crippen molar-refractivity contribution in [2.45, 2.75) is 6.54 Å². The molecule has 2 heterocycles. The Bertz CT molecular complexity index is 633. The lowest BCUT2D eigenvalue weighted by atomic mass is 10.2. The first kappa shape index (κ1) is 11.5. The summed E-state index contributed by atoms with van der Waals surface area (Å²) in [7, 11) is 1.57. The van der Waals surface area contributed by atoms with E-state index in [2.05, 4.69) is 9.97 Å². The van der Waals surface area contributed by atoms with Gasteiger partial charge in [0.1, 0.15) is 0 Å². The molecule has 5 nitrogen and oxygen atoms in total. The van der Waals surface area contributed by atoms with Crippen molar-refractivity contribution in [3.05, 3.63) is 51.3 Å². The number of aromatic amines is 1. The van der Waals surface area contributed by atoms with Gasteiger partial charge in [-0.3, -0.25) is 9.78 Å². The molecule has 0 fully saturated rings. The Balaban J connectivity index is 2.31. The molecule has 2 aromatic rings. The van der Waals surface area contributed by atoms with Gasteiger partial charge in [-0.1, -0.05) is 0 Å². The van der Waals surface area contributed by atoms with Crippen LogP contribution in [0.3, 0.4) is 0 Å². The van der Waals surface area contributed by atoms with Gasteiger partial charge in [0.25, 0.3) is 5.56 Å². The first-order valence-electron chi connectivity index (χ1n) is 4.98. The third kappa shape index (κ3) is 2.79. The summed E-state index contributed by atoms with van der Waals surface area (Å²) in [5.74, 6) is 0.554. The van der Waals surface area contributed by atoms with E-state index in [0.29, 0.717) is 17.2 Å². The van der Waals surface area contributed by atoms with E-state index in [-0.39, 0.29) is 5.56 Å². The minimum Gasteiger partial charge on any atom is -0.481 e. The first-order chi connectivity index (χ1) is 8.19. The van der Waals surface area contributed by atoms with Crippen molar-refractivity contribution in [1.82, 2.24) is 14.5 Å². The molecule has 88 valence electrons. The zero-order valence-corrected chi connectivity index (χ0v) is 10.0. The van der Waals surface area contributed by atoms with Crippen LogP contribution < -0.4 is 10.3 Å². The van der Waals surface area contributed by atoms with Gasteiger partial charge in [-0.2, -0.15) is 0 Å². The Morgan fingerprint density at radius 3 is 3.06 bits per heavy atom. The van der Waals surface area contributed by atoms with Crippen molar-refractivity contribution < 1.29 is 4.74 Å². The second kappa shape index (κ2) is 4.92. The van der Waals surface area contributed by atoms with E-state index in [9.17, 15) is 4.79 Å². The highest BCUT2D eigenvalue weighted by Crippen LogP contribution is 2.09. The lowest BCUT2D eigenvalue weighted by molar-refractivity contribution is 0.397. The Morgan fingerprint density at radius 1 is 1.53 bits per heavy atom.